The smallest absolute Gasteiger partial charge is 0.191 e. The maximum Gasteiger partial charge on any atom is 0.191 e. The van der Waals surface area contributed by atoms with Crippen LogP contribution < -0.4 is 0 Å². The highest BCUT2D eigenvalue weighted by molar-refractivity contribution is 5.94. The van der Waals surface area contributed by atoms with E-state index >= 15 is 0 Å². The molecule has 1 saturated heterocycles. The molecule has 2 heterocycles. The van der Waals surface area contributed by atoms with E-state index in [1.165, 1.54) is 12.3 Å². The second-order valence-corrected chi connectivity index (χ2v) is 3.63. The number of hydrogen-bond acceptors (Lipinski definition) is 4. The molecule has 0 spiro atoms. The van der Waals surface area contributed by atoms with Gasteiger partial charge in [-0.15, -0.1) is 0 Å². The summed E-state index contributed by atoms with van der Waals surface area (Å²) in [7, 11) is 0. The molecule has 0 aromatic rings. The molecule has 0 aromatic carbocycles. The molecule has 0 amide bonds. The molecule has 0 bridgehead atoms. The molecule has 0 radical (unpaired) electrons. The summed E-state index contributed by atoms with van der Waals surface area (Å²) >= 11 is 0. The first-order valence-corrected chi connectivity index (χ1v) is 4.26. The van der Waals surface area contributed by atoms with Crippen LogP contribution in [0.4, 0.5) is 0 Å². The summed E-state index contributed by atoms with van der Waals surface area (Å²) in [4.78, 5) is 11.4. The Labute approximate surface area is 76.5 Å². The molecule has 0 saturated carbocycles. The first kappa shape index (κ1) is 8.72. The minimum atomic E-state index is -0.689. The Bertz CT molecular complexity index is 256. The summed E-state index contributed by atoms with van der Waals surface area (Å²) in [5.41, 5.74) is 0. The number of ether oxygens (including phenoxy) is 3. The molecule has 72 valence electrons. The predicted octanol–water partition coefficient (Wildman–Crippen LogP) is 0.619. The minimum absolute atomic E-state index is 0.0485. The molecule has 0 aliphatic carbocycles. The van der Waals surface area contributed by atoms with E-state index < -0.39 is 11.9 Å². The molecular formula is C9H12O4. The van der Waals surface area contributed by atoms with E-state index in [9.17, 15) is 4.79 Å². The molecular weight excluding hydrogens is 172 g/mol. The highest BCUT2D eigenvalue weighted by atomic mass is 16.7. The van der Waals surface area contributed by atoms with Crippen molar-refractivity contribution in [3.05, 3.63) is 12.3 Å². The van der Waals surface area contributed by atoms with Gasteiger partial charge in [0.05, 0.1) is 12.9 Å². The molecule has 1 fully saturated rings. The number of carbonyl (C=O) groups is 1. The van der Waals surface area contributed by atoms with Crippen molar-refractivity contribution in [2.75, 3.05) is 6.61 Å². The Morgan fingerprint density at radius 2 is 2.31 bits per heavy atom. The summed E-state index contributed by atoms with van der Waals surface area (Å²) in [6.45, 7) is 3.97. The first-order valence-electron chi connectivity index (χ1n) is 4.26. The van der Waals surface area contributed by atoms with Gasteiger partial charge in [0.1, 0.15) is 0 Å². The third kappa shape index (κ3) is 1.59. The molecule has 2 rings (SSSR count). The summed E-state index contributed by atoms with van der Waals surface area (Å²) < 4.78 is 16.0. The average molecular weight is 184 g/mol. The van der Waals surface area contributed by atoms with Crippen LogP contribution in [-0.4, -0.2) is 30.4 Å². The predicted molar refractivity (Wildman–Crippen MR) is 43.9 cm³/mol. The van der Waals surface area contributed by atoms with Crippen LogP contribution in [-0.2, 0) is 19.0 Å². The Kier molecular flexibility index (Phi) is 1.89. The van der Waals surface area contributed by atoms with Crippen molar-refractivity contribution in [2.45, 2.75) is 31.8 Å². The highest BCUT2D eigenvalue weighted by Crippen LogP contribution is 2.26. The van der Waals surface area contributed by atoms with Crippen LogP contribution in [0.25, 0.3) is 0 Å². The van der Waals surface area contributed by atoms with E-state index in [1.54, 1.807) is 13.8 Å². The molecule has 0 aromatic heterocycles. The zero-order chi connectivity index (χ0) is 9.47. The van der Waals surface area contributed by atoms with Crippen LogP contribution in [0.3, 0.4) is 0 Å². The van der Waals surface area contributed by atoms with E-state index in [1.807, 2.05) is 0 Å². The van der Waals surface area contributed by atoms with Gasteiger partial charge in [0.25, 0.3) is 0 Å². The number of carbonyl (C=O) groups excluding carboxylic acids is 1. The van der Waals surface area contributed by atoms with Gasteiger partial charge >= 0.3 is 0 Å². The van der Waals surface area contributed by atoms with Gasteiger partial charge < -0.3 is 14.2 Å². The van der Waals surface area contributed by atoms with Crippen LogP contribution >= 0.6 is 0 Å². The van der Waals surface area contributed by atoms with Gasteiger partial charge in [-0.25, -0.2) is 0 Å². The second kappa shape index (κ2) is 2.82. The summed E-state index contributed by atoms with van der Waals surface area (Å²) in [5.74, 6) is -0.738. The minimum Gasteiger partial charge on any atom is -0.492 e. The normalized spacial score (nSPS) is 36.6. The molecule has 4 heteroatoms. The Hall–Kier alpha value is -0.870. The largest absolute Gasteiger partial charge is 0.492 e. The fourth-order valence-electron chi connectivity index (χ4n) is 1.44. The van der Waals surface area contributed by atoms with Crippen LogP contribution in [0.5, 0.6) is 0 Å². The number of ketones is 1. The molecule has 4 nitrogen and oxygen atoms in total. The number of hydrogen-bond donors (Lipinski definition) is 0. The third-order valence-electron chi connectivity index (χ3n) is 2.11. The lowest BCUT2D eigenvalue weighted by molar-refractivity contribution is -0.297. The van der Waals surface area contributed by atoms with Gasteiger partial charge in [-0.3, -0.25) is 4.79 Å². The fourth-order valence-corrected chi connectivity index (χ4v) is 1.44. The third-order valence-corrected chi connectivity index (χ3v) is 2.11. The van der Waals surface area contributed by atoms with Crippen molar-refractivity contribution in [2.24, 2.45) is 0 Å². The van der Waals surface area contributed by atoms with Crippen LogP contribution in [0.1, 0.15) is 13.8 Å². The van der Waals surface area contributed by atoms with Crippen molar-refractivity contribution in [1.29, 1.82) is 0 Å². The summed E-state index contributed by atoms with van der Waals surface area (Å²) in [6, 6.07) is 0. The van der Waals surface area contributed by atoms with Crippen LogP contribution in [0.15, 0.2) is 12.3 Å². The van der Waals surface area contributed by atoms with Crippen molar-refractivity contribution < 1.29 is 19.0 Å². The average Bonchev–Trinajstić information content (AvgIpc) is 2.06. The molecule has 2 atom stereocenters. The van der Waals surface area contributed by atoms with E-state index in [4.69, 9.17) is 14.2 Å². The summed E-state index contributed by atoms with van der Waals surface area (Å²) in [6.07, 6.45) is 2.00. The van der Waals surface area contributed by atoms with E-state index in [0.717, 1.165) is 0 Å². The lowest BCUT2D eigenvalue weighted by atomic mass is 10.1. The van der Waals surface area contributed by atoms with E-state index in [0.29, 0.717) is 6.61 Å². The number of rotatable bonds is 0. The van der Waals surface area contributed by atoms with E-state index in [2.05, 4.69) is 0 Å². The van der Waals surface area contributed by atoms with Gasteiger partial charge in [0.2, 0.25) is 0 Å². The maximum atomic E-state index is 11.4. The molecule has 0 N–H and O–H groups in total. The van der Waals surface area contributed by atoms with Crippen LogP contribution in [0.2, 0.25) is 0 Å². The van der Waals surface area contributed by atoms with Crippen molar-refractivity contribution in [1.82, 2.24) is 0 Å². The van der Waals surface area contributed by atoms with Crippen LogP contribution in [0, 0.1) is 0 Å². The van der Waals surface area contributed by atoms with Crippen molar-refractivity contribution in [3.63, 3.8) is 0 Å². The van der Waals surface area contributed by atoms with Crippen molar-refractivity contribution in [3.8, 4) is 0 Å². The maximum absolute atomic E-state index is 11.4. The van der Waals surface area contributed by atoms with Gasteiger partial charge in [0.15, 0.2) is 23.8 Å². The van der Waals surface area contributed by atoms with Gasteiger partial charge in [-0.05, 0) is 13.8 Å². The number of fused-ring (bicyclic) bond motifs is 1. The lowest BCUT2D eigenvalue weighted by Gasteiger charge is -2.40. The summed E-state index contributed by atoms with van der Waals surface area (Å²) in [5, 5.41) is 0. The Morgan fingerprint density at radius 1 is 1.54 bits per heavy atom. The standard InChI is InChI=1S/C9H12O4/c1-9(2)12-5-7-8(13-9)6(10)3-4-11-7/h3-4,7-8H,5H2,1-2H3/t7-,8+/m1/s1. The quantitative estimate of drug-likeness (QED) is 0.553. The Balaban J connectivity index is 2.16. The Morgan fingerprint density at radius 3 is 3.08 bits per heavy atom. The van der Waals surface area contributed by atoms with Gasteiger partial charge in [-0.2, -0.15) is 0 Å². The van der Waals surface area contributed by atoms with Crippen molar-refractivity contribution >= 4 is 5.78 Å². The lowest BCUT2D eigenvalue weighted by Crippen LogP contribution is -2.53. The highest BCUT2D eigenvalue weighted by Gasteiger charge is 2.42. The van der Waals surface area contributed by atoms with Gasteiger partial charge in [-0.1, -0.05) is 0 Å². The van der Waals surface area contributed by atoms with Gasteiger partial charge in [0, 0.05) is 6.08 Å². The second-order valence-electron chi connectivity index (χ2n) is 3.63. The topological polar surface area (TPSA) is 44.8 Å². The molecule has 2 aliphatic rings. The zero-order valence-electron chi connectivity index (χ0n) is 7.65. The fraction of sp³-hybridized carbons (Fsp3) is 0.667. The molecule has 0 unspecified atom stereocenters. The van der Waals surface area contributed by atoms with E-state index in [-0.39, 0.29) is 11.9 Å². The molecule has 2 aliphatic heterocycles. The first-order chi connectivity index (χ1) is 6.08. The zero-order valence-corrected chi connectivity index (χ0v) is 7.65. The SMILES string of the molecule is CC1(C)OC[C@H]2OC=CC(=O)[C@@H]2O1. The molecule has 13 heavy (non-hydrogen) atoms. The monoisotopic (exact) mass is 184 g/mol.